The lowest BCUT2D eigenvalue weighted by atomic mass is 9.81. The average molecular weight is 312 g/mol. The summed E-state index contributed by atoms with van der Waals surface area (Å²) in [4.78, 5) is 12.0. The number of carbonyl (C=O) groups is 1. The van der Waals surface area contributed by atoms with Crippen LogP contribution in [0, 0.1) is 11.8 Å². The van der Waals surface area contributed by atoms with E-state index in [1.165, 1.54) is 57.1 Å². The number of hydrogen-bond donors (Lipinski definition) is 1. The molecule has 0 spiro atoms. The highest BCUT2D eigenvalue weighted by molar-refractivity contribution is 5.95. The normalized spacial score (nSPS) is 23.1. The van der Waals surface area contributed by atoms with Gasteiger partial charge in [-0.2, -0.15) is 5.10 Å². The minimum absolute atomic E-state index is 0.107. The molecular weight excluding hydrogens is 284 g/mol. The molecule has 1 N–H and O–H groups in total. The number of nitrogens with zero attached hydrogens (tertiary/aromatic N) is 1. The molecule has 2 aliphatic carbocycles. The lowest BCUT2D eigenvalue weighted by Crippen LogP contribution is -2.21. The number of amides is 1. The molecule has 124 valence electrons. The summed E-state index contributed by atoms with van der Waals surface area (Å²) in [5.74, 6) is 1.83. The third kappa shape index (κ3) is 4.66. The van der Waals surface area contributed by atoms with Gasteiger partial charge in [-0.05, 0) is 62.5 Å². The fourth-order valence-corrected chi connectivity index (χ4v) is 4.20. The van der Waals surface area contributed by atoms with Gasteiger partial charge >= 0.3 is 0 Å². The number of hydrazone groups is 1. The van der Waals surface area contributed by atoms with Crippen molar-refractivity contribution in [2.45, 2.75) is 64.2 Å². The minimum atomic E-state index is -0.107. The van der Waals surface area contributed by atoms with E-state index in [0.29, 0.717) is 5.56 Å². The molecule has 2 aliphatic rings. The molecule has 3 nitrogen and oxygen atoms in total. The van der Waals surface area contributed by atoms with Crippen LogP contribution in [0.2, 0.25) is 0 Å². The van der Waals surface area contributed by atoms with Gasteiger partial charge in [0.25, 0.3) is 5.91 Å². The van der Waals surface area contributed by atoms with Crippen molar-refractivity contribution in [3.05, 3.63) is 35.9 Å². The maximum atomic E-state index is 12.0. The van der Waals surface area contributed by atoms with Gasteiger partial charge < -0.3 is 0 Å². The highest BCUT2D eigenvalue weighted by Crippen LogP contribution is 2.37. The van der Waals surface area contributed by atoms with Gasteiger partial charge in [0.1, 0.15) is 0 Å². The number of rotatable bonds is 3. The molecule has 0 aromatic heterocycles. The van der Waals surface area contributed by atoms with Crippen molar-refractivity contribution in [1.29, 1.82) is 0 Å². The highest BCUT2D eigenvalue weighted by atomic mass is 16.2. The van der Waals surface area contributed by atoms with Crippen molar-refractivity contribution in [3.8, 4) is 0 Å². The monoisotopic (exact) mass is 312 g/mol. The Labute approximate surface area is 139 Å². The molecule has 3 rings (SSSR count). The van der Waals surface area contributed by atoms with Crippen molar-refractivity contribution in [2.75, 3.05) is 0 Å². The summed E-state index contributed by atoms with van der Waals surface area (Å²) < 4.78 is 0. The van der Waals surface area contributed by atoms with Crippen molar-refractivity contribution < 1.29 is 4.79 Å². The van der Waals surface area contributed by atoms with Crippen LogP contribution in [-0.2, 0) is 0 Å². The third-order valence-electron chi connectivity index (χ3n) is 5.50. The van der Waals surface area contributed by atoms with Crippen LogP contribution in [0.4, 0.5) is 0 Å². The topological polar surface area (TPSA) is 41.5 Å². The van der Waals surface area contributed by atoms with Crippen LogP contribution in [0.25, 0.3) is 0 Å². The summed E-state index contributed by atoms with van der Waals surface area (Å²) in [6.45, 7) is 0. The highest BCUT2D eigenvalue weighted by Gasteiger charge is 2.25. The lowest BCUT2D eigenvalue weighted by molar-refractivity contribution is 0.0954. The molecule has 1 amide bonds. The predicted octanol–water partition coefficient (Wildman–Crippen LogP) is 4.93. The number of hydrogen-bond acceptors (Lipinski definition) is 2. The first-order valence-electron chi connectivity index (χ1n) is 9.24. The quantitative estimate of drug-likeness (QED) is 0.790. The van der Waals surface area contributed by atoms with Crippen molar-refractivity contribution in [3.63, 3.8) is 0 Å². The first-order valence-corrected chi connectivity index (χ1v) is 9.24. The molecule has 0 aliphatic heterocycles. The van der Waals surface area contributed by atoms with Gasteiger partial charge in [-0.25, -0.2) is 5.43 Å². The van der Waals surface area contributed by atoms with Gasteiger partial charge in [0, 0.05) is 11.3 Å². The fraction of sp³-hybridized carbons (Fsp3) is 0.600. The van der Waals surface area contributed by atoms with E-state index in [4.69, 9.17) is 0 Å². The van der Waals surface area contributed by atoms with Crippen LogP contribution in [0.1, 0.15) is 74.6 Å². The Balaban J connectivity index is 1.49. The molecule has 0 radical (unpaired) electrons. The summed E-state index contributed by atoms with van der Waals surface area (Å²) >= 11 is 0. The summed E-state index contributed by atoms with van der Waals surface area (Å²) in [6, 6.07) is 9.31. The molecular formula is C20H28N2O. The second-order valence-electron chi connectivity index (χ2n) is 7.07. The molecule has 2 saturated carbocycles. The van der Waals surface area contributed by atoms with Gasteiger partial charge in [-0.15, -0.1) is 0 Å². The van der Waals surface area contributed by atoms with E-state index < -0.39 is 0 Å². The Bertz CT molecular complexity index is 520. The maximum absolute atomic E-state index is 12.0. The van der Waals surface area contributed by atoms with Crippen LogP contribution < -0.4 is 5.43 Å². The van der Waals surface area contributed by atoms with E-state index in [-0.39, 0.29) is 5.91 Å². The van der Waals surface area contributed by atoms with Crippen LogP contribution in [0.5, 0.6) is 0 Å². The summed E-state index contributed by atoms with van der Waals surface area (Å²) in [6.07, 6.45) is 13.0. The second-order valence-corrected chi connectivity index (χ2v) is 7.07. The molecule has 1 aromatic rings. The lowest BCUT2D eigenvalue weighted by Gasteiger charge is -2.25. The van der Waals surface area contributed by atoms with E-state index in [1.54, 1.807) is 0 Å². The molecule has 1 aromatic carbocycles. The molecule has 0 unspecified atom stereocenters. The van der Waals surface area contributed by atoms with Crippen LogP contribution >= 0.6 is 0 Å². The summed E-state index contributed by atoms with van der Waals surface area (Å²) in [5.41, 5.74) is 4.57. The Hall–Kier alpha value is -1.64. The van der Waals surface area contributed by atoms with Crippen molar-refractivity contribution in [1.82, 2.24) is 5.43 Å². The van der Waals surface area contributed by atoms with E-state index >= 15 is 0 Å². The van der Waals surface area contributed by atoms with E-state index in [9.17, 15) is 4.79 Å². The van der Waals surface area contributed by atoms with Crippen LogP contribution in [0.15, 0.2) is 35.4 Å². The number of benzene rings is 1. The van der Waals surface area contributed by atoms with Crippen molar-refractivity contribution >= 4 is 11.6 Å². The van der Waals surface area contributed by atoms with Crippen LogP contribution in [0.3, 0.4) is 0 Å². The van der Waals surface area contributed by atoms with Crippen molar-refractivity contribution in [2.24, 2.45) is 16.9 Å². The average Bonchev–Trinajstić information content (AvgIpc) is 3.09. The smallest absolute Gasteiger partial charge is 0.267 e. The summed E-state index contributed by atoms with van der Waals surface area (Å²) in [7, 11) is 0. The van der Waals surface area contributed by atoms with Gasteiger partial charge in [-0.1, -0.05) is 43.9 Å². The molecule has 2 fully saturated rings. The SMILES string of the molecule is O=C(NN=C1CCCC(C2CCCC2)CCC1)c1ccccc1. The zero-order chi connectivity index (χ0) is 15.9. The maximum Gasteiger partial charge on any atom is 0.271 e. The Morgan fingerprint density at radius 3 is 2.04 bits per heavy atom. The second kappa shape index (κ2) is 8.28. The van der Waals surface area contributed by atoms with E-state index in [0.717, 1.165) is 24.7 Å². The Kier molecular flexibility index (Phi) is 5.84. The molecule has 0 bridgehead atoms. The first-order chi connectivity index (χ1) is 11.3. The molecule has 3 heteroatoms. The molecule has 0 saturated heterocycles. The van der Waals surface area contributed by atoms with E-state index in [2.05, 4.69) is 10.5 Å². The number of nitrogens with one attached hydrogen (secondary N) is 1. The molecule has 0 atom stereocenters. The largest absolute Gasteiger partial charge is 0.271 e. The Morgan fingerprint density at radius 2 is 1.43 bits per heavy atom. The zero-order valence-electron chi connectivity index (χ0n) is 14.0. The third-order valence-corrected chi connectivity index (χ3v) is 5.50. The van der Waals surface area contributed by atoms with Gasteiger partial charge in [0.05, 0.1) is 0 Å². The minimum Gasteiger partial charge on any atom is -0.267 e. The fourth-order valence-electron chi connectivity index (χ4n) is 4.20. The van der Waals surface area contributed by atoms with Gasteiger partial charge in [-0.3, -0.25) is 4.79 Å². The zero-order valence-corrected chi connectivity index (χ0v) is 14.0. The predicted molar refractivity (Wildman–Crippen MR) is 94.5 cm³/mol. The molecule has 23 heavy (non-hydrogen) atoms. The van der Waals surface area contributed by atoms with Crippen LogP contribution in [-0.4, -0.2) is 11.6 Å². The first kappa shape index (κ1) is 16.2. The standard InChI is InChI=1S/C20H28N2O/c23-20(18-10-2-1-3-11-18)22-21-19-14-6-12-17(13-7-15-19)16-8-4-5-9-16/h1-3,10-11,16-17H,4-9,12-15H2,(H,22,23). The Morgan fingerprint density at radius 1 is 0.870 bits per heavy atom. The molecule has 0 heterocycles. The van der Waals surface area contributed by atoms with E-state index in [1.807, 2.05) is 30.3 Å². The number of carbonyl (C=O) groups excluding carboxylic acids is 1. The van der Waals surface area contributed by atoms with Gasteiger partial charge in [0.15, 0.2) is 0 Å². The summed E-state index contributed by atoms with van der Waals surface area (Å²) in [5, 5.41) is 4.40. The van der Waals surface area contributed by atoms with Gasteiger partial charge in [0.2, 0.25) is 0 Å².